The highest BCUT2D eigenvalue weighted by Gasteiger charge is 1.87. The second kappa shape index (κ2) is 6.79. The Morgan fingerprint density at radius 2 is 1.18 bits per heavy atom. The lowest BCUT2D eigenvalue weighted by Gasteiger charge is -1.92. The van der Waals surface area contributed by atoms with Crippen LogP contribution < -0.4 is 0 Å². The van der Waals surface area contributed by atoms with Crippen LogP contribution in [0, 0.1) is 18.6 Å². The molecule has 0 heterocycles. The Bertz CT molecular complexity index is 408. The van der Waals surface area contributed by atoms with E-state index in [2.05, 4.69) is 0 Å². The van der Waals surface area contributed by atoms with Gasteiger partial charge in [0.2, 0.25) is 0 Å². The van der Waals surface area contributed by atoms with E-state index in [1.807, 2.05) is 13.8 Å². The molecule has 0 unspecified atom stereocenters. The van der Waals surface area contributed by atoms with Crippen molar-refractivity contribution in [3.8, 4) is 0 Å². The van der Waals surface area contributed by atoms with Gasteiger partial charge in [-0.2, -0.15) is 0 Å². The maximum absolute atomic E-state index is 12.2. The van der Waals surface area contributed by atoms with Gasteiger partial charge in [0, 0.05) is 0 Å². The van der Waals surface area contributed by atoms with Crippen molar-refractivity contribution in [2.24, 2.45) is 0 Å². The first-order chi connectivity index (χ1) is 8.11. The van der Waals surface area contributed by atoms with E-state index in [4.69, 9.17) is 0 Å². The molecule has 17 heavy (non-hydrogen) atoms. The van der Waals surface area contributed by atoms with Gasteiger partial charge in [0.15, 0.2) is 0 Å². The van der Waals surface area contributed by atoms with Crippen LogP contribution in [-0.2, 0) is 6.42 Å². The van der Waals surface area contributed by atoms with Gasteiger partial charge in [-0.3, -0.25) is 0 Å². The van der Waals surface area contributed by atoms with Crippen LogP contribution in [0.15, 0.2) is 48.5 Å². The lowest BCUT2D eigenvalue weighted by molar-refractivity contribution is 0.627. The van der Waals surface area contributed by atoms with E-state index in [9.17, 15) is 8.78 Å². The third-order valence-electron chi connectivity index (χ3n) is 2.33. The highest BCUT2D eigenvalue weighted by molar-refractivity contribution is 5.15. The van der Waals surface area contributed by atoms with Crippen molar-refractivity contribution in [1.29, 1.82) is 0 Å². The number of hydrogen-bond donors (Lipinski definition) is 0. The third kappa shape index (κ3) is 5.25. The molecule has 0 saturated carbocycles. The SMILES string of the molecule is CCc1ccc(F)cc1.Cc1ccc(F)cc1. The van der Waals surface area contributed by atoms with E-state index in [0.29, 0.717) is 0 Å². The van der Waals surface area contributed by atoms with Crippen LogP contribution >= 0.6 is 0 Å². The molecule has 0 amide bonds. The normalized spacial score (nSPS) is 9.41. The standard InChI is InChI=1S/C8H9F.C7H7F/c1-2-7-3-5-8(9)6-4-7;1-6-2-4-7(8)5-3-6/h3-6H,2H2,1H3;2-5H,1H3. The molecule has 0 atom stereocenters. The van der Waals surface area contributed by atoms with Crippen LogP contribution in [0.3, 0.4) is 0 Å². The van der Waals surface area contributed by atoms with Crippen LogP contribution in [-0.4, -0.2) is 0 Å². The van der Waals surface area contributed by atoms with E-state index in [1.165, 1.54) is 29.8 Å². The average molecular weight is 234 g/mol. The van der Waals surface area contributed by atoms with Crippen LogP contribution in [0.2, 0.25) is 0 Å². The van der Waals surface area contributed by atoms with Gasteiger partial charge in [0.25, 0.3) is 0 Å². The fourth-order valence-electron chi connectivity index (χ4n) is 1.25. The Balaban J connectivity index is 0.000000171. The minimum Gasteiger partial charge on any atom is -0.207 e. The van der Waals surface area contributed by atoms with Gasteiger partial charge in [0.05, 0.1) is 0 Å². The molecule has 2 rings (SSSR count). The Morgan fingerprint density at radius 1 is 0.765 bits per heavy atom. The molecule has 0 radical (unpaired) electrons. The summed E-state index contributed by atoms with van der Waals surface area (Å²) in [5.41, 5.74) is 2.27. The van der Waals surface area contributed by atoms with Crippen LogP contribution in [0.5, 0.6) is 0 Å². The number of rotatable bonds is 1. The summed E-state index contributed by atoms with van der Waals surface area (Å²) in [5, 5.41) is 0. The zero-order valence-electron chi connectivity index (χ0n) is 10.1. The average Bonchev–Trinajstić information content (AvgIpc) is 2.35. The summed E-state index contributed by atoms with van der Waals surface area (Å²) in [6.45, 7) is 3.98. The van der Waals surface area contributed by atoms with E-state index in [-0.39, 0.29) is 11.6 Å². The smallest absolute Gasteiger partial charge is 0.123 e. The summed E-state index contributed by atoms with van der Waals surface area (Å²) in [7, 11) is 0. The molecule has 0 fully saturated rings. The van der Waals surface area contributed by atoms with Crippen LogP contribution in [0.25, 0.3) is 0 Å². The second-order valence-electron chi connectivity index (χ2n) is 3.78. The molecule has 0 aromatic heterocycles. The maximum Gasteiger partial charge on any atom is 0.123 e. The first-order valence-corrected chi connectivity index (χ1v) is 5.58. The second-order valence-corrected chi connectivity index (χ2v) is 3.78. The van der Waals surface area contributed by atoms with Crippen molar-refractivity contribution >= 4 is 0 Å². The largest absolute Gasteiger partial charge is 0.207 e. The van der Waals surface area contributed by atoms with Crippen molar-refractivity contribution in [3.63, 3.8) is 0 Å². The topological polar surface area (TPSA) is 0 Å². The molecule has 0 nitrogen and oxygen atoms in total. The molecule has 0 N–H and O–H groups in total. The fraction of sp³-hybridized carbons (Fsp3) is 0.200. The predicted octanol–water partition coefficient (Wildman–Crippen LogP) is 4.52. The zero-order chi connectivity index (χ0) is 12.7. The third-order valence-corrected chi connectivity index (χ3v) is 2.33. The van der Waals surface area contributed by atoms with E-state index < -0.39 is 0 Å². The molecule has 0 spiro atoms. The minimum absolute atomic E-state index is 0.160. The summed E-state index contributed by atoms with van der Waals surface area (Å²) in [6.07, 6.45) is 0.972. The molecule has 2 aromatic carbocycles. The summed E-state index contributed by atoms with van der Waals surface area (Å²) in [4.78, 5) is 0. The molecule has 0 aliphatic rings. The highest BCUT2D eigenvalue weighted by Crippen LogP contribution is 2.02. The first kappa shape index (κ1) is 13.4. The highest BCUT2D eigenvalue weighted by atomic mass is 19.1. The summed E-state index contributed by atoms with van der Waals surface area (Å²) in [5.74, 6) is -0.331. The molecule has 0 aliphatic heterocycles. The van der Waals surface area contributed by atoms with Crippen molar-refractivity contribution in [2.75, 3.05) is 0 Å². The van der Waals surface area contributed by atoms with Gasteiger partial charge in [-0.25, -0.2) is 8.78 Å². The van der Waals surface area contributed by atoms with Gasteiger partial charge >= 0.3 is 0 Å². The predicted molar refractivity (Wildman–Crippen MR) is 66.9 cm³/mol. The molecule has 2 aromatic rings. The number of hydrogen-bond acceptors (Lipinski definition) is 0. The summed E-state index contributed by atoms with van der Waals surface area (Å²) >= 11 is 0. The Hall–Kier alpha value is -1.70. The van der Waals surface area contributed by atoms with Gasteiger partial charge in [-0.05, 0) is 43.2 Å². The van der Waals surface area contributed by atoms with E-state index >= 15 is 0 Å². The molecule has 0 saturated heterocycles. The summed E-state index contributed by atoms with van der Waals surface area (Å²) in [6, 6.07) is 13.0. The van der Waals surface area contributed by atoms with Crippen molar-refractivity contribution in [1.82, 2.24) is 0 Å². The monoisotopic (exact) mass is 234 g/mol. The van der Waals surface area contributed by atoms with Crippen molar-refractivity contribution < 1.29 is 8.78 Å². The molecule has 0 aliphatic carbocycles. The first-order valence-electron chi connectivity index (χ1n) is 5.58. The Labute approximate surface area is 101 Å². The Morgan fingerprint density at radius 3 is 1.53 bits per heavy atom. The molecule has 90 valence electrons. The summed E-state index contributed by atoms with van der Waals surface area (Å²) < 4.78 is 24.3. The molecular weight excluding hydrogens is 218 g/mol. The number of benzene rings is 2. The number of aryl methyl sites for hydroxylation is 2. The fourth-order valence-corrected chi connectivity index (χ4v) is 1.25. The lowest BCUT2D eigenvalue weighted by atomic mass is 10.2. The van der Waals surface area contributed by atoms with Crippen LogP contribution in [0.4, 0.5) is 8.78 Å². The van der Waals surface area contributed by atoms with Gasteiger partial charge in [-0.1, -0.05) is 36.8 Å². The van der Waals surface area contributed by atoms with Crippen molar-refractivity contribution in [2.45, 2.75) is 20.3 Å². The quantitative estimate of drug-likeness (QED) is 0.680. The molecule has 0 bridgehead atoms. The number of halogens is 2. The van der Waals surface area contributed by atoms with Crippen molar-refractivity contribution in [3.05, 3.63) is 71.3 Å². The zero-order valence-corrected chi connectivity index (χ0v) is 10.1. The lowest BCUT2D eigenvalue weighted by Crippen LogP contribution is -1.78. The van der Waals surface area contributed by atoms with Crippen LogP contribution in [0.1, 0.15) is 18.1 Å². The van der Waals surface area contributed by atoms with Gasteiger partial charge in [0.1, 0.15) is 11.6 Å². The van der Waals surface area contributed by atoms with Gasteiger partial charge < -0.3 is 0 Å². The van der Waals surface area contributed by atoms with E-state index in [1.54, 1.807) is 24.3 Å². The Kier molecular flexibility index (Phi) is 5.34. The van der Waals surface area contributed by atoms with E-state index in [0.717, 1.165) is 12.0 Å². The van der Waals surface area contributed by atoms with Gasteiger partial charge in [-0.15, -0.1) is 0 Å². The molecule has 2 heteroatoms. The minimum atomic E-state index is -0.171. The maximum atomic E-state index is 12.2. The molecular formula is C15H16F2.